The van der Waals surface area contributed by atoms with Gasteiger partial charge in [-0.25, -0.2) is 9.97 Å². The Labute approximate surface area is 161 Å². The second-order valence-electron chi connectivity index (χ2n) is 6.86. The Hall–Kier alpha value is -2.63. The highest BCUT2D eigenvalue weighted by molar-refractivity contribution is 5.94. The van der Waals surface area contributed by atoms with E-state index in [-0.39, 0.29) is 5.91 Å². The molecule has 2 aromatic heterocycles. The first-order valence-corrected chi connectivity index (χ1v) is 9.89. The van der Waals surface area contributed by atoms with E-state index < -0.39 is 0 Å². The van der Waals surface area contributed by atoms with Crippen LogP contribution in [0.4, 0.5) is 11.6 Å². The molecule has 27 heavy (non-hydrogen) atoms. The highest BCUT2D eigenvalue weighted by atomic mass is 16.2. The number of carbonyl (C=O) groups is 1. The SMILES string of the molecule is CCCN(CCC)c1ccc(C(=O)N2CCN(c3ccccn3)CC2)cn1. The summed E-state index contributed by atoms with van der Waals surface area (Å²) in [5, 5.41) is 0. The molecule has 2 aromatic rings. The van der Waals surface area contributed by atoms with Gasteiger partial charge in [-0.15, -0.1) is 0 Å². The molecule has 3 heterocycles. The topological polar surface area (TPSA) is 52.6 Å². The fourth-order valence-electron chi connectivity index (χ4n) is 3.44. The summed E-state index contributed by atoms with van der Waals surface area (Å²) in [6.07, 6.45) is 5.70. The Morgan fingerprint density at radius 2 is 1.74 bits per heavy atom. The molecule has 0 bridgehead atoms. The Morgan fingerprint density at radius 1 is 1.00 bits per heavy atom. The van der Waals surface area contributed by atoms with Gasteiger partial charge in [0.15, 0.2) is 0 Å². The Kier molecular flexibility index (Phi) is 6.63. The lowest BCUT2D eigenvalue weighted by Gasteiger charge is -2.35. The maximum Gasteiger partial charge on any atom is 0.255 e. The van der Waals surface area contributed by atoms with Crippen LogP contribution in [0.2, 0.25) is 0 Å². The second kappa shape index (κ2) is 9.35. The molecule has 0 radical (unpaired) electrons. The minimum atomic E-state index is 0.0623. The molecular weight excluding hydrogens is 338 g/mol. The molecule has 1 amide bonds. The van der Waals surface area contributed by atoms with Crippen LogP contribution in [0.3, 0.4) is 0 Å². The van der Waals surface area contributed by atoms with Crippen LogP contribution in [0.25, 0.3) is 0 Å². The maximum atomic E-state index is 12.8. The fraction of sp³-hybridized carbons (Fsp3) is 0.476. The van der Waals surface area contributed by atoms with Crippen LogP contribution < -0.4 is 9.80 Å². The molecule has 0 N–H and O–H groups in total. The van der Waals surface area contributed by atoms with Gasteiger partial charge in [0.05, 0.1) is 5.56 Å². The number of hydrogen-bond acceptors (Lipinski definition) is 5. The van der Waals surface area contributed by atoms with Crippen LogP contribution in [-0.4, -0.2) is 60.0 Å². The average Bonchev–Trinajstić information content (AvgIpc) is 2.74. The zero-order valence-corrected chi connectivity index (χ0v) is 16.3. The Bertz CT molecular complexity index is 705. The van der Waals surface area contributed by atoms with E-state index in [0.29, 0.717) is 18.7 Å². The van der Waals surface area contributed by atoms with E-state index in [4.69, 9.17) is 0 Å². The lowest BCUT2D eigenvalue weighted by molar-refractivity contribution is 0.0746. The van der Waals surface area contributed by atoms with E-state index in [0.717, 1.165) is 50.7 Å². The molecule has 144 valence electrons. The van der Waals surface area contributed by atoms with Crippen molar-refractivity contribution in [1.82, 2.24) is 14.9 Å². The highest BCUT2D eigenvalue weighted by Gasteiger charge is 2.23. The molecule has 1 saturated heterocycles. The Morgan fingerprint density at radius 3 is 2.30 bits per heavy atom. The molecule has 1 aliphatic rings. The van der Waals surface area contributed by atoms with E-state index in [1.165, 1.54) is 0 Å². The van der Waals surface area contributed by atoms with E-state index in [1.807, 2.05) is 35.2 Å². The fourth-order valence-corrected chi connectivity index (χ4v) is 3.44. The normalized spacial score (nSPS) is 14.3. The van der Waals surface area contributed by atoms with Crippen molar-refractivity contribution < 1.29 is 4.79 Å². The van der Waals surface area contributed by atoms with E-state index in [1.54, 1.807) is 12.4 Å². The largest absolute Gasteiger partial charge is 0.357 e. The first-order chi connectivity index (χ1) is 13.2. The van der Waals surface area contributed by atoms with Crippen molar-refractivity contribution in [3.63, 3.8) is 0 Å². The van der Waals surface area contributed by atoms with Crippen molar-refractivity contribution >= 4 is 17.5 Å². The van der Waals surface area contributed by atoms with Gasteiger partial charge < -0.3 is 14.7 Å². The molecular formula is C21H29N5O. The molecule has 0 aromatic carbocycles. The number of amides is 1. The molecule has 6 heteroatoms. The van der Waals surface area contributed by atoms with Crippen molar-refractivity contribution in [2.45, 2.75) is 26.7 Å². The van der Waals surface area contributed by atoms with Crippen LogP contribution in [0, 0.1) is 0 Å². The summed E-state index contributed by atoms with van der Waals surface area (Å²) < 4.78 is 0. The van der Waals surface area contributed by atoms with Gasteiger partial charge in [0.1, 0.15) is 11.6 Å². The quantitative estimate of drug-likeness (QED) is 0.753. The minimum Gasteiger partial charge on any atom is -0.357 e. The first kappa shape index (κ1) is 19.1. The van der Waals surface area contributed by atoms with Crippen LogP contribution in [-0.2, 0) is 0 Å². The summed E-state index contributed by atoms with van der Waals surface area (Å²) in [7, 11) is 0. The summed E-state index contributed by atoms with van der Waals surface area (Å²) >= 11 is 0. The van der Waals surface area contributed by atoms with Gasteiger partial charge in [0.2, 0.25) is 0 Å². The van der Waals surface area contributed by atoms with Gasteiger partial charge in [0.25, 0.3) is 5.91 Å². The average molecular weight is 367 g/mol. The summed E-state index contributed by atoms with van der Waals surface area (Å²) in [4.78, 5) is 28.2. The third-order valence-corrected chi connectivity index (χ3v) is 4.85. The first-order valence-electron chi connectivity index (χ1n) is 9.89. The number of carbonyl (C=O) groups excluding carboxylic acids is 1. The van der Waals surface area contributed by atoms with Gasteiger partial charge in [-0.05, 0) is 37.1 Å². The van der Waals surface area contributed by atoms with Crippen LogP contribution in [0.15, 0.2) is 42.7 Å². The number of nitrogens with zero attached hydrogens (tertiary/aromatic N) is 5. The Balaban J connectivity index is 1.60. The van der Waals surface area contributed by atoms with Gasteiger partial charge in [-0.1, -0.05) is 19.9 Å². The number of anilines is 2. The van der Waals surface area contributed by atoms with Crippen LogP contribution >= 0.6 is 0 Å². The molecule has 1 aliphatic heterocycles. The number of hydrogen-bond donors (Lipinski definition) is 0. The van der Waals surface area contributed by atoms with Crippen molar-refractivity contribution in [3.8, 4) is 0 Å². The van der Waals surface area contributed by atoms with Gasteiger partial charge in [-0.2, -0.15) is 0 Å². The maximum absolute atomic E-state index is 12.8. The lowest BCUT2D eigenvalue weighted by Crippen LogP contribution is -2.49. The van der Waals surface area contributed by atoms with Crippen molar-refractivity contribution in [2.75, 3.05) is 49.1 Å². The van der Waals surface area contributed by atoms with Crippen LogP contribution in [0.5, 0.6) is 0 Å². The second-order valence-corrected chi connectivity index (χ2v) is 6.86. The zero-order chi connectivity index (χ0) is 19.1. The third-order valence-electron chi connectivity index (χ3n) is 4.85. The van der Waals surface area contributed by atoms with Crippen LogP contribution in [0.1, 0.15) is 37.0 Å². The smallest absolute Gasteiger partial charge is 0.255 e. The number of pyridine rings is 2. The monoisotopic (exact) mass is 367 g/mol. The standard InChI is InChI=1S/C21H29N5O/c1-3-11-24(12-4-2)20-9-8-18(17-23-20)21(27)26-15-13-25(14-16-26)19-7-5-6-10-22-19/h5-10,17H,3-4,11-16H2,1-2H3. The van der Waals surface area contributed by atoms with E-state index in [9.17, 15) is 4.79 Å². The van der Waals surface area contributed by atoms with Gasteiger partial charge in [-0.3, -0.25) is 4.79 Å². The summed E-state index contributed by atoms with van der Waals surface area (Å²) in [5.74, 6) is 1.99. The van der Waals surface area contributed by atoms with E-state index in [2.05, 4.69) is 33.6 Å². The molecule has 0 unspecified atom stereocenters. The summed E-state index contributed by atoms with van der Waals surface area (Å²) in [5.41, 5.74) is 0.665. The number of piperazine rings is 1. The van der Waals surface area contributed by atoms with E-state index >= 15 is 0 Å². The predicted octanol–water partition coefficient (Wildman–Crippen LogP) is 3.07. The molecule has 0 spiro atoms. The third kappa shape index (κ3) is 4.76. The molecule has 0 aliphatic carbocycles. The summed E-state index contributed by atoms with van der Waals surface area (Å²) in [6.45, 7) is 9.33. The predicted molar refractivity (Wildman–Crippen MR) is 109 cm³/mol. The molecule has 3 rings (SSSR count). The van der Waals surface area contributed by atoms with Crippen molar-refractivity contribution in [3.05, 3.63) is 48.3 Å². The molecule has 6 nitrogen and oxygen atoms in total. The highest BCUT2D eigenvalue weighted by Crippen LogP contribution is 2.16. The number of aromatic nitrogens is 2. The summed E-state index contributed by atoms with van der Waals surface area (Å²) in [6, 6.07) is 9.81. The molecule has 1 fully saturated rings. The number of rotatable bonds is 7. The molecule has 0 atom stereocenters. The van der Waals surface area contributed by atoms with Crippen molar-refractivity contribution in [1.29, 1.82) is 0 Å². The van der Waals surface area contributed by atoms with Gasteiger partial charge in [0, 0.05) is 51.7 Å². The van der Waals surface area contributed by atoms with Crippen molar-refractivity contribution in [2.24, 2.45) is 0 Å². The minimum absolute atomic E-state index is 0.0623. The lowest BCUT2D eigenvalue weighted by atomic mass is 10.2. The van der Waals surface area contributed by atoms with Gasteiger partial charge >= 0.3 is 0 Å². The zero-order valence-electron chi connectivity index (χ0n) is 16.3. The molecule has 0 saturated carbocycles.